The van der Waals surface area contributed by atoms with E-state index in [9.17, 15) is 24.6 Å². The van der Waals surface area contributed by atoms with Crippen LogP contribution in [0.2, 0.25) is 0 Å². The second-order valence-corrected chi connectivity index (χ2v) is 5.25. The fourth-order valence-electron chi connectivity index (χ4n) is 2.11. The van der Waals surface area contributed by atoms with Gasteiger partial charge in [-0.25, -0.2) is 4.99 Å². The normalized spacial score (nSPS) is 13.1. The van der Waals surface area contributed by atoms with Gasteiger partial charge in [0.15, 0.2) is 0 Å². The number of hydrogen-bond donors (Lipinski definition) is 1. The van der Waals surface area contributed by atoms with Crippen LogP contribution in [0.25, 0.3) is 5.57 Å². The summed E-state index contributed by atoms with van der Waals surface area (Å²) in [4.78, 5) is 37.5. The molecule has 0 bridgehead atoms. The molecule has 8 heteroatoms. The highest BCUT2D eigenvalue weighted by Gasteiger charge is 2.25. The van der Waals surface area contributed by atoms with Crippen molar-refractivity contribution in [3.8, 4) is 5.88 Å². The van der Waals surface area contributed by atoms with Gasteiger partial charge in [0.2, 0.25) is 5.88 Å². The smallest absolute Gasteiger partial charge is 0.310 e. The topological polar surface area (TPSA) is 112 Å². The summed E-state index contributed by atoms with van der Waals surface area (Å²) in [5, 5.41) is 21.6. The Morgan fingerprint density at radius 1 is 1.33 bits per heavy atom. The Labute approximate surface area is 120 Å². The van der Waals surface area contributed by atoms with Crippen molar-refractivity contribution in [1.82, 2.24) is 4.57 Å². The van der Waals surface area contributed by atoms with Crippen LogP contribution in [0.4, 0.5) is 0 Å². The lowest BCUT2D eigenvalue weighted by Gasteiger charge is -2.04. The summed E-state index contributed by atoms with van der Waals surface area (Å²) in [6, 6.07) is 6.69. The maximum Gasteiger partial charge on any atom is 0.310 e. The van der Waals surface area contributed by atoms with Crippen molar-refractivity contribution in [2.45, 2.75) is 6.54 Å². The molecule has 3 rings (SSSR count). The highest BCUT2D eigenvalue weighted by Crippen LogP contribution is 2.27. The average Bonchev–Trinajstić information content (AvgIpc) is 2.89. The van der Waals surface area contributed by atoms with Crippen LogP contribution in [0.3, 0.4) is 0 Å². The van der Waals surface area contributed by atoms with E-state index in [1.54, 1.807) is 24.3 Å². The monoisotopic (exact) mass is 303 g/mol. The van der Waals surface area contributed by atoms with Gasteiger partial charge in [0.05, 0.1) is 23.4 Å². The number of benzene rings is 1. The number of aromatic hydroxyl groups is 1. The maximum atomic E-state index is 12.0. The summed E-state index contributed by atoms with van der Waals surface area (Å²) in [5.41, 5.74) is 0.0993. The SMILES string of the molecule is O=C([O-])Cn1c(O)c(C2=c3ccccc3=NC2=O)sc1=O. The second kappa shape index (κ2) is 4.67. The lowest BCUT2D eigenvalue weighted by molar-refractivity contribution is -0.306. The summed E-state index contributed by atoms with van der Waals surface area (Å²) < 4.78 is 0.649. The number of rotatable bonds is 3. The standard InChI is InChI=1S/C13H8N2O5S/c16-8(17)5-15-12(19)10(21-13(15)20)9-6-3-1-2-4-7(6)14-11(9)18/h1-4,19H,5H2,(H,16,17)/p-1. The summed E-state index contributed by atoms with van der Waals surface area (Å²) in [6.45, 7) is -0.776. The summed E-state index contributed by atoms with van der Waals surface area (Å²) >= 11 is 0.596. The van der Waals surface area contributed by atoms with Gasteiger partial charge >= 0.3 is 4.87 Å². The van der Waals surface area contributed by atoms with Crippen LogP contribution in [0.15, 0.2) is 34.1 Å². The van der Waals surface area contributed by atoms with Crippen LogP contribution in [0.5, 0.6) is 5.88 Å². The minimum Gasteiger partial charge on any atom is -0.548 e. The zero-order valence-electron chi connectivity index (χ0n) is 10.4. The number of aromatic nitrogens is 1. The molecule has 2 aromatic rings. The molecule has 0 fully saturated rings. The number of carboxylic acids is 1. The fraction of sp³-hybridized carbons (Fsp3) is 0.0769. The molecular formula is C13H7N2O5S-. The van der Waals surface area contributed by atoms with Crippen LogP contribution in [0.1, 0.15) is 4.88 Å². The zero-order chi connectivity index (χ0) is 15.1. The van der Waals surface area contributed by atoms with Gasteiger partial charge in [-0.2, -0.15) is 0 Å². The van der Waals surface area contributed by atoms with Crippen LogP contribution < -0.4 is 20.6 Å². The summed E-state index contributed by atoms with van der Waals surface area (Å²) in [6.07, 6.45) is 0. The number of para-hydroxylation sites is 1. The molecule has 0 saturated heterocycles. The molecular weight excluding hydrogens is 296 g/mol. The van der Waals surface area contributed by atoms with Gasteiger partial charge in [-0.3, -0.25) is 14.2 Å². The van der Waals surface area contributed by atoms with Gasteiger partial charge in [0.1, 0.15) is 4.88 Å². The molecule has 21 heavy (non-hydrogen) atoms. The molecule has 1 aromatic heterocycles. The first-order valence-corrected chi connectivity index (χ1v) is 6.66. The second-order valence-electron chi connectivity index (χ2n) is 4.29. The van der Waals surface area contributed by atoms with E-state index < -0.39 is 29.2 Å². The molecule has 0 unspecified atom stereocenters. The average molecular weight is 303 g/mol. The van der Waals surface area contributed by atoms with E-state index in [0.29, 0.717) is 26.5 Å². The van der Waals surface area contributed by atoms with Gasteiger partial charge in [0, 0.05) is 5.22 Å². The zero-order valence-corrected chi connectivity index (χ0v) is 11.2. The Kier molecular flexibility index (Phi) is 2.95. The van der Waals surface area contributed by atoms with E-state index in [2.05, 4.69) is 4.99 Å². The van der Waals surface area contributed by atoms with Crippen LogP contribution >= 0.6 is 11.3 Å². The number of aliphatic carboxylic acids is 1. The molecule has 7 nitrogen and oxygen atoms in total. The molecule has 1 aliphatic heterocycles. The fourth-order valence-corrected chi connectivity index (χ4v) is 3.05. The number of hydrogen-bond acceptors (Lipinski definition) is 6. The lowest BCUT2D eigenvalue weighted by Crippen LogP contribution is -2.30. The van der Waals surface area contributed by atoms with Gasteiger partial charge in [-0.1, -0.05) is 29.5 Å². The molecule has 0 saturated carbocycles. The molecule has 1 N–H and O–H groups in total. The number of amides is 1. The largest absolute Gasteiger partial charge is 0.548 e. The van der Waals surface area contributed by atoms with Gasteiger partial charge in [0.25, 0.3) is 5.91 Å². The number of nitrogens with zero attached hydrogens (tertiary/aromatic N) is 2. The van der Waals surface area contributed by atoms with Crippen molar-refractivity contribution in [1.29, 1.82) is 0 Å². The number of carbonyl (C=O) groups excluding carboxylic acids is 2. The summed E-state index contributed by atoms with van der Waals surface area (Å²) in [5.74, 6) is -2.65. The third-order valence-corrected chi connectivity index (χ3v) is 3.98. The summed E-state index contributed by atoms with van der Waals surface area (Å²) in [7, 11) is 0. The van der Waals surface area contributed by atoms with E-state index in [1.165, 1.54) is 0 Å². The van der Waals surface area contributed by atoms with Crippen molar-refractivity contribution in [2.24, 2.45) is 4.99 Å². The van der Waals surface area contributed by atoms with E-state index in [0.717, 1.165) is 0 Å². The first kappa shape index (κ1) is 13.3. The highest BCUT2D eigenvalue weighted by molar-refractivity contribution is 7.11. The minimum absolute atomic E-state index is 0.0138. The molecule has 0 radical (unpaired) electrons. The van der Waals surface area contributed by atoms with Crippen molar-refractivity contribution < 1.29 is 19.8 Å². The predicted octanol–water partition coefficient (Wildman–Crippen LogP) is -2.28. The van der Waals surface area contributed by atoms with E-state index in [4.69, 9.17) is 0 Å². The Hall–Kier alpha value is -2.74. The van der Waals surface area contributed by atoms with Gasteiger partial charge < -0.3 is 15.0 Å². The Balaban J connectivity index is 2.29. The quantitative estimate of drug-likeness (QED) is 0.687. The number of fused-ring (bicyclic) bond motifs is 1. The van der Waals surface area contributed by atoms with Gasteiger partial charge in [-0.15, -0.1) is 0 Å². The van der Waals surface area contributed by atoms with E-state index >= 15 is 0 Å². The Morgan fingerprint density at radius 2 is 2.05 bits per heavy atom. The molecule has 106 valence electrons. The molecule has 0 atom stereocenters. The van der Waals surface area contributed by atoms with Crippen LogP contribution in [-0.2, 0) is 16.1 Å². The lowest BCUT2D eigenvalue weighted by atomic mass is 10.1. The van der Waals surface area contributed by atoms with E-state index in [1.807, 2.05) is 0 Å². The first-order chi connectivity index (χ1) is 9.99. The van der Waals surface area contributed by atoms with Crippen LogP contribution in [-0.4, -0.2) is 21.6 Å². The Bertz CT molecular complexity index is 954. The highest BCUT2D eigenvalue weighted by atomic mass is 32.1. The number of thiazole rings is 1. The molecule has 1 aliphatic rings. The maximum absolute atomic E-state index is 12.0. The number of carboxylic acid groups (broad SMARTS) is 1. The molecule has 0 aliphatic carbocycles. The molecule has 1 aromatic carbocycles. The molecule has 0 spiro atoms. The minimum atomic E-state index is -1.51. The predicted molar refractivity (Wildman–Crippen MR) is 70.0 cm³/mol. The van der Waals surface area contributed by atoms with Crippen molar-refractivity contribution >= 4 is 28.8 Å². The first-order valence-electron chi connectivity index (χ1n) is 5.84. The van der Waals surface area contributed by atoms with Crippen LogP contribution in [0, 0.1) is 0 Å². The van der Waals surface area contributed by atoms with Crippen molar-refractivity contribution in [3.05, 3.63) is 49.4 Å². The van der Waals surface area contributed by atoms with Gasteiger partial charge in [-0.05, 0) is 6.07 Å². The van der Waals surface area contributed by atoms with Crippen molar-refractivity contribution in [2.75, 3.05) is 0 Å². The molecule has 1 amide bonds. The van der Waals surface area contributed by atoms with Crippen molar-refractivity contribution in [3.63, 3.8) is 0 Å². The Morgan fingerprint density at radius 3 is 2.76 bits per heavy atom. The third-order valence-electron chi connectivity index (χ3n) is 2.99. The molecule has 2 heterocycles. The van der Waals surface area contributed by atoms with E-state index in [-0.39, 0.29) is 10.5 Å². The number of carbonyl (C=O) groups is 2. The third kappa shape index (κ3) is 2.05.